The van der Waals surface area contributed by atoms with Crippen LogP contribution in [-0.4, -0.2) is 64.6 Å². The maximum absolute atomic E-state index is 14.8. The Morgan fingerprint density at radius 3 is 2.39 bits per heavy atom. The number of fused-ring (bicyclic) bond motifs is 1. The first-order chi connectivity index (χ1) is 26.0. The Morgan fingerprint density at radius 2 is 1.69 bits per heavy atom. The predicted octanol–water partition coefficient (Wildman–Crippen LogP) is 9.63. The second-order valence-electron chi connectivity index (χ2n) is 13.5. The Labute approximate surface area is 328 Å². The number of urea groups is 1. The molecule has 13 heteroatoms. The zero-order chi connectivity index (χ0) is 38.1. The van der Waals surface area contributed by atoms with Crippen LogP contribution in [0.15, 0.2) is 91.3 Å². The maximum atomic E-state index is 14.8. The van der Waals surface area contributed by atoms with Gasteiger partial charge in [-0.25, -0.2) is 9.78 Å². The summed E-state index contributed by atoms with van der Waals surface area (Å²) in [6, 6.07) is 27.8. The Balaban J connectivity index is 1.33. The minimum Gasteiger partial charge on any atom is -0.370 e. The molecular formula is C41H37Cl3N8O2. The highest BCUT2D eigenvalue weighted by atomic mass is 35.5. The number of anilines is 2. The van der Waals surface area contributed by atoms with E-state index in [0.29, 0.717) is 67.6 Å². The molecule has 10 nitrogen and oxygen atoms in total. The van der Waals surface area contributed by atoms with Gasteiger partial charge in [0, 0.05) is 70.3 Å². The number of carbonyl (C=O) groups is 2. The Hall–Kier alpha value is -5.47. The number of hydrogen-bond donors (Lipinski definition) is 3. The molecule has 3 heterocycles. The van der Waals surface area contributed by atoms with Crippen LogP contribution in [0.2, 0.25) is 15.1 Å². The largest absolute Gasteiger partial charge is 0.370 e. The molecule has 1 aliphatic heterocycles. The van der Waals surface area contributed by atoms with Crippen LogP contribution in [0.5, 0.6) is 0 Å². The summed E-state index contributed by atoms with van der Waals surface area (Å²) in [5.74, 6) is -0.411. The fraction of sp³-hybridized carbons (Fsp3) is 0.220. The third-order valence-corrected chi connectivity index (χ3v) is 10.6. The topological polar surface area (TPSA) is 122 Å². The molecule has 1 saturated heterocycles. The number of aromatic amines is 1. The number of nitrogens with zero attached hydrogens (tertiary/aromatic N) is 5. The normalized spacial score (nSPS) is 13.8. The van der Waals surface area contributed by atoms with E-state index in [2.05, 4.69) is 26.6 Å². The number of H-pyrrole nitrogens is 1. The zero-order valence-corrected chi connectivity index (χ0v) is 32.1. The molecule has 0 unspecified atom stereocenters. The van der Waals surface area contributed by atoms with Gasteiger partial charge in [0.25, 0.3) is 5.91 Å². The average molecular weight is 780 g/mol. The van der Waals surface area contributed by atoms with Crippen LogP contribution in [0.4, 0.5) is 16.2 Å². The van der Waals surface area contributed by atoms with Gasteiger partial charge < -0.3 is 30.0 Å². The number of carbonyl (C=O) groups excluding carboxylic acids is 2. The van der Waals surface area contributed by atoms with Gasteiger partial charge in [-0.3, -0.25) is 4.79 Å². The van der Waals surface area contributed by atoms with E-state index in [4.69, 9.17) is 39.8 Å². The van der Waals surface area contributed by atoms with Crippen molar-refractivity contribution in [3.8, 4) is 28.6 Å². The zero-order valence-electron chi connectivity index (χ0n) is 29.8. The molecule has 2 aromatic heterocycles. The minimum absolute atomic E-state index is 0.0297. The SMILES string of the molecule is C[C@@H](c1ccc(Cl)cc1Cl)n1cnc(-c2ccccc2)c1-c1c(C(=O)Nc2cc(C#N)ccc2N2CCC(NC(=O)N(C)C)CC2)[nH]c2cc(Cl)ccc12. The Bertz CT molecular complexity index is 2410. The number of rotatable bonds is 8. The first-order valence-corrected chi connectivity index (χ1v) is 18.6. The summed E-state index contributed by atoms with van der Waals surface area (Å²) in [5, 5.41) is 18.4. The summed E-state index contributed by atoms with van der Waals surface area (Å²) < 4.78 is 2.02. The molecule has 1 atom stereocenters. The van der Waals surface area contributed by atoms with Crippen molar-refractivity contribution in [2.24, 2.45) is 0 Å². The van der Waals surface area contributed by atoms with Crippen molar-refractivity contribution < 1.29 is 9.59 Å². The highest BCUT2D eigenvalue weighted by molar-refractivity contribution is 6.35. The molecule has 0 bridgehead atoms. The van der Waals surface area contributed by atoms with Gasteiger partial charge >= 0.3 is 6.03 Å². The molecule has 7 rings (SSSR count). The molecule has 1 aliphatic rings. The van der Waals surface area contributed by atoms with Gasteiger partial charge in [0.15, 0.2) is 0 Å². The number of nitriles is 1. The van der Waals surface area contributed by atoms with E-state index < -0.39 is 5.91 Å². The molecular weight excluding hydrogens is 743 g/mol. The van der Waals surface area contributed by atoms with Crippen LogP contribution in [0.3, 0.4) is 0 Å². The number of benzene rings is 4. The third-order valence-electron chi connectivity index (χ3n) is 9.84. The summed E-state index contributed by atoms with van der Waals surface area (Å²) in [4.78, 5) is 39.0. The van der Waals surface area contributed by atoms with E-state index in [-0.39, 0.29) is 18.1 Å². The fourth-order valence-corrected chi connectivity index (χ4v) is 7.76. The van der Waals surface area contributed by atoms with Gasteiger partial charge in [-0.15, -0.1) is 0 Å². The molecule has 1 fully saturated rings. The van der Waals surface area contributed by atoms with Crippen molar-refractivity contribution >= 4 is 69.0 Å². The van der Waals surface area contributed by atoms with Crippen LogP contribution in [-0.2, 0) is 0 Å². The van der Waals surface area contributed by atoms with Crippen molar-refractivity contribution in [1.29, 1.82) is 5.26 Å². The molecule has 4 aromatic carbocycles. The lowest BCUT2D eigenvalue weighted by Crippen LogP contribution is -2.47. The molecule has 274 valence electrons. The summed E-state index contributed by atoms with van der Waals surface area (Å²) in [6.45, 7) is 3.32. The minimum atomic E-state index is -0.411. The van der Waals surface area contributed by atoms with Crippen LogP contribution < -0.4 is 15.5 Å². The molecule has 0 spiro atoms. The molecule has 0 radical (unpaired) electrons. The smallest absolute Gasteiger partial charge is 0.317 e. The predicted molar refractivity (Wildman–Crippen MR) is 217 cm³/mol. The first-order valence-electron chi connectivity index (χ1n) is 17.5. The lowest BCUT2D eigenvalue weighted by Gasteiger charge is -2.35. The standard InChI is InChI=1S/C41H37Cl3N8O2/c1-24(30-12-10-27(42)20-32(30)44)52-23-46-37(26-7-5-4-6-8-26)39(52)36-31-13-11-28(43)21-33(31)48-38(36)40(53)49-34-19-25(22-45)9-14-35(34)51-17-15-29(16-18-51)47-41(54)50(2)3/h4-14,19-21,23-24,29,48H,15-18H2,1-3H3,(H,47,54)(H,49,53)/t24-/m0/s1. The monoisotopic (exact) mass is 778 g/mol. The van der Waals surface area contributed by atoms with Gasteiger partial charge in [0.1, 0.15) is 5.69 Å². The van der Waals surface area contributed by atoms with Gasteiger partial charge in [-0.05, 0) is 67.8 Å². The van der Waals surface area contributed by atoms with Crippen LogP contribution >= 0.6 is 34.8 Å². The van der Waals surface area contributed by atoms with Crippen LogP contribution in [0.25, 0.3) is 33.4 Å². The van der Waals surface area contributed by atoms with Crippen molar-refractivity contribution in [1.82, 2.24) is 24.8 Å². The van der Waals surface area contributed by atoms with Crippen molar-refractivity contribution in [2.45, 2.75) is 31.8 Å². The van der Waals surface area contributed by atoms with Gasteiger partial charge in [0.2, 0.25) is 0 Å². The fourth-order valence-electron chi connectivity index (χ4n) is 7.02. The number of nitrogens with one attached hydrogen (secondary N) is 3. The number of piperidine rings is 1. The van der Waals surface area contributed by atoms with Crippen molar-refractivity contribution in [3.63, 3.8) is 0 Å². The van der Waals surface area contributed by atoms with E-state index >= 15 is 0 Å². The molecule has 3 N–H and O–H groups in total. The third kappa shape index (κ3) is 7.35. The van der Waals surface area contributed by atoms with Gasteiger partial charge in [0.05, 0.1) is 46.8 Å². The number of hydrogen-bond acceptors (Lipinski definition) is 5. The summed E-state index contributed by atoms with van der Waals surface area (Å²) >= 11 is 19.5. The number of aromatic nitrogens is 3. The maximum Gasteiger partial charge on any atom is 0.317 e. The molecule has 0 aliphatic carbocycles. The lowest BCUT2D eigenvalue weighted by molar-refractivity contribution is 0.102. The van der Waals surface area contributed by atoms with E-state index in [1.165, 1.54) is 4.90 Å². The van der Waals surface area contributed by atoms with E-state index in [1.807, 2.05) is 60.0 Å². The highest BCUT2D eigenvalue weighted by Crippen LogP contribution is 2.42. The lowest BCUT2D eigenvalue weighted by atomic mass is 9.99. The second kappa shape index (κ2) is 15.5. The molecule has 0 saturated carbocycles. The number of imidazole rings is 1. The molecule has 6 aromatic rings. The summed E-state index contributed by atoms with van der Waals surface area (Å²) in [7, 11) is 3.44. The van der Waals surface area contributed by atoms with Gasteiger partial charge in [-0.2, -0.15) is 5.26 Å². The first kappa shape index (κ1) is 36.9. The average Bonchev–Trinajstić information content (AvgIpc) is 3.77. The summed E-state index contributed by atoms with van der Waals surface area (Å²) in [6.07, 6.45) is 3.21. The highest BCUT2D eigenvalue weighted by Gasteiger charge is 2.30. The van der Waals surface area contributed by atoms with Crippen molar-refractivity contribution in [3.05, 3.63) is 123 Å². The van der Waals surface area contributed by atoms with E-state index in [1.54, 1.807) is 56.8 Å². The van der Waals surface area contributed by atoms with Crippen LogP contribution in [0, 0.1) is 11.3 Å². The molecule has 54 heavy (non-hydrogen) atoms. The van der Waals surface area contributed by atoms with E-state index in [0.717, 1.165) is 35.0 Å². The number of amides is 3. The quantitative estimate of drug-likeness (QED) is 0.142. The Morgan fingerprint density at radius 1 is 0.963 bits per heavy atom. The Kier molecular flexibility index (Phi) is 10.6. The van der Waals surface area contributed by atoms with E-state index in [9.17, 15) is 14.9 Å². The molecule has 3 amide bonds. The summed E-state index contributed by atoms with van der Waals surface area (Å²) in [5.41, 5.74) is 6.34. The second-order valence-corrected chi connectivity index (χ2v) is 14.8. The van der Waals surface area contributed by atoms with Gasteiger partial charge in [-0.1, -0.05) is 77.3 Å². The van der Waals surface area contributed by atoms with Crippen LogP contribution in [0.1, 0.15) is 47.4 Å². The van der Waals surface area contributed by atoms with Crippen molar-refractivity contribution in [2.75, 3.05) is 37.4 Å². The number of halogens is 3.